The summed E-state index contributed by atoms with van der Waals surface area (Å²) in [5.74, 6) is 3.26. The Kier molecular flexibility index (Phi) is 11.8. The molecule has 1 N–H and O–H groups in total. The van der Waals surface area contributed by atoms with Gasteiger partial charge in [0.1, 0.15) is 0 Å². The van der Waals surface area contributed by atoms with E-state index in [0.29, 0.717) is 12.3 Å². The van der Waals surface area contributed by atoms with Crippen LogP contribution in [0.25, 0.3) is 0 Å². The molecule has 1 rings (SSSR count). The van der Waals surface area contributed by atoms with Crippen LogP contribution >= 0.6 is 24.0 Å². The predicted octanol–water partition coefficient (Wildman–Crippen LogP) is 3.88. The summed E-state index contributed by atoms with van der Waals surface area (Å²) in [5, 5.41) is 3.37. The van der Waals surface area contributed by atoms with E-state index in [9.17, 15) is 4.21 Å². The van der Waals surface area contributed by atoms with E-state index in [2.05, 4.69) is 36.1 Å². The molecule has 0 radical (unpaired) electrons. The van der Waals surface area contributed by atoms with Gasteiger partial charge in [-0.05, 0) is 52.4 Å². The van der Waals surface area contributed by atoms with Crippen molar-refractivity contribution < 1.29 is 4.21 Å². The summed E-state index contributed by atoms with van der Waals surface area (Å²) in [4.78, 5) is 6.94. The van der Waals surface area contributed by atoms with E-state index >= 15 is 0 Å². The number of nitrogens with zero attached hydrogens (tertiary/aromatic N) is 2. The van der Waals surface area contributed by atoms with E-state index in [1.807, 2.05) is 20.8 Å². The SMILES string of the molecule is CCNC(=NCCS(=O)C(C)(C)C)N(C)CC1CCC(C)CC1.I. The quantitative estimate of drug-likeness (QED) is 0.363. The molecule has 0 heterocycles. The van der Waals surface area contributed by atoms with Gasteiger partial charge in [-0.2, -0.15) is 0 Å². The Morgan fingerprint density at radius 3 is 2.33 bits per heavy atom. The molecule has 0 spiro atoms. The molecular formula is C18H38IN3OS. The minimum absolute atomic E-state index is 0. The molecule has 0 aromatic rings. The number of hydrogen-bond donors (Lipinski definition) is 1. The van der Waals surface area contributed by atoms with Crippen molar-refractivity contribution in [3.05, 3.63) is 0 Å². The summed E-state index contributed by atoms with van der Waals surface area (Å²) < 4.78 is 12.0. The monoisotopic (exact) mass is 471 g/mol. The lowest BCUT2D eigenvalue weighted by Crippen LogP contribution is -2.42. The van der Waals surface area contributed by atoms with E-state index in [1.165, 1.54) is 25.7 Å². The van der Waals surface area contributed by atoms with Crippen LogP contribution in [0.1, 0.15) is 60.3 Å². The molecule has 144 valence electrons. The fraction of sp³-hybridized carbons (Fsp3) is 0.944. The second-order valence-corrected chi connectivity index (χ2v) is 10.2. The van der Waals surface area contributed by atoms with Gasteiger partial charge in [0.05, 0.1) is 6.54 Å². The van der Waals surface area contributed by atoms with Gasteiger partial charge in [0.2, 0.25) is 0 Å². The summed E-state index contributed by atoms with van der Waals surface area (Å²) in [7, 11) is 1.29. The number of nitrogens with one attached hydrogen (secondary N) is 1. The van der Waals surface area contributed by atoms with E-state index in [-0.39, 0.29) is 28.7 Å². The van der Waals surface area contributed by atoms with Gasteiger partial charge < -0.3 is 10.2 Å². The van der Waals surface area contributed by atoms with Crippen molar-refractivity contribution in [3.8, 4) is 0 Å². The second kappa shape index (κ2) is 11.7. The van der Waals surface area contributed by atoms with Crippen LogP contribution in [0.3, 0.4) is 0 Å². The highest BCUT2D eigenvalue weighted by Crippen LogP contribution is 2.28. The molecule has 0 saturated heterocycles. The van der Waals surface area contributed by atoms with Crippen molar-refractivity contribution in [2.45, 2.75) is 65.0 Å². The van der Waals surface area contributed by atoms with Gasteiger partial charge in [0.15, 0.2) is 5.96 Å². The summed E-state index contributed by atoms with van der Waals surface area (Å²) >= 11 is 0. The Bertz CT molecular complexity index is 402. The zero-order valence-corrected chi connectivity index (χ0v) is 19.6. The lowest BCUT2D eigenvalue weighted by molar-refractivity contribution is 0.250. The minimum Gasteiger partial charge on any atom is -0.357 e. The van der Waals surface area contributed by atoms with E-state index in [1.54, 1.807) is 0 Å². The maximum atomic E-state index is 12.1. The second-order valence-electron chi connectivity index (χ2n) is 7.90. The van der Waals surface area contributed by atoms with Crippen molar-refractivity contribution in [1.29, 1.82) is 0 Å². The fourth-order valence-electron chi connectivity index (χ4n) is 3.00. The van der Waals surface area contributed by atoms with Crippen molar-refractivity contribution in [2.24, 2.45) is 16.8 Å². The summed E-state index contributed by atoms with van der Waals surface area (Å²) in [6.07, 6.45) is 5.38. The third-order valence-corrected chi connectivity index (χ3v) is 6.50. The first-order valence-corrected chi connectivity index (χ1v) is 10.4. The normalized spacial score (nSPS) is 23.3. The zero-order chi connectivity index (χ0) is 17.5. The first-order chi connectivity index (χ1) is 10.7. The number of halogens is 1. The molecule has 1 fully saturated rings. The Morgan fingerprint density at radius 1 is 1.25 bits per heavy atom. The maximum Gasteiger partial charge on any atom is 0.193 e. The zero-order valence-electron chi connectivity index (χ0n) is 16.4. The van der Waals surface area contributed by atoms with E-state index < -0.39 is 10.8 Å². The summed E-state index contributed by atoms with van der Waals surface area (Å²) in [5.41, 5.74) is 0. The Labute approximate surface area is 169 Å². The van der Waals surface area contributed by atoms with Gasteiger partial charge in [0, 0.05) is 41.4 Å². The molecule has 0 aromatic carbocycles. The van der Waals surface area contributed by atoms with Gasteiger partial charge in [-0.3, -0.25) is 9.20 Å². The van der Waals surface area contributed by atoms with Crippen LogP contribution in [0.5, 0.6) is 0 Å². The summed E-state index contributed by atoms with van der Waals surface area (Å²) in [6, 6.07) is 0. The Balaban J connectivity index is 0.00000529. The molecule has 1 unspecified atom stereocenters. The molecule has 6 heteroatoms. The Hall–Kier alpha value is 0.150. The topological polar surface area (TPSA) is 44.7 Å². The smallest absolute Gasteiger partial charge is 0.193 e. The number of rotatable bonds is 6. The van der Waals surface area contributed by atoms with Crippen molar-refractivity contribution >= 4 is 40.7 Å². The number of guanidine groups is 1. The van der Waals surface area contributed by atoms with Gasteiger partial charge in [0.25, 0.3) is 0 Å². The molecule has 0 amide bonds. The summed E-state index contributed by atoms with van der Waals surface area (Å²) in [6.45, 7) is 13.1. The van der Waals surface area contributed by atoms with Crippen LogP contribution in [0.4, 0.5) is 0 Å². The average molecular weight is 471 g/mol. The van der Waals surface area contributed by atoms with E-state index in [0.717, 1.165) is 30.9 Å². The van der Waals surface area contributed by atoms with Gasteiger partial charge in [-0.15, -0.1) is 24.0 Å². The Morgan fingerprint density at radius 2 is 1.83 bits per heavy atom. The molecule has 0 bridgehead atoms. The molecule has 1 aliphatic rings. The van der Waals surface area contributed by atoms with Gasteiger partial charge in [-0.25, -0.2) is 0 Å². The number of aliphatic imine (C=N–C) groups is 1. The van der Waals surface area contributed by atoms with Crippen molar-refractivity contribution in [1.82, 2.24) is 10.2 Å². The lowest BCUT2D eigenvalue weighted by atomic mass is 9.83. The molecular weight excluding hydrogens is 433 g/mol. The highest BCUT2D eigenvalue weighted by Gasteiger charge is 2.21. The predicted molar refractivity (Wildman–Crippen MR) is 118 cm³/mol. The van der Waals surface area contributed by atoms with Crippen molar-refractivity contribution in [3.63, 3.8) is 0 Å². The first-order valence-electron chi connectivity index (χ1n) is 9.12. The van der Waals surface area contributed by atoms with Gasteiger partial charge >= 0.3 is 0 Å². The fourth-order valence-corrected chi connectivity index (χ4v) is 3.87. The van der Waals surface area contributed by atoms with Crippen LogP contribution in [-0.4, -0.2) is 52.3 Å². The van der Waals surface area contributed by atoms with Crippen molar-refractivity contribution in [2.75, 3.05) is 32.4 Å². The van der Waals surface area contributed by atoms with E-state index in [4.69, 9.17) is 0 Å². The third-order valence-electron chi connectivity index (χ3n) is 4.59. The molecule has 0 aromatic heterocycles. The molecule has 0 aliphatic heterocycles. The van der Waals surface area contributed by atoms with Crippen LogP contribution < -0.4 is 5.32 Å². The molecule has 1 atom stereocenters. The number of hydrogen-bond acceptors (Lipinski definition) is 2. The van der Waals surface area contributed by atoms with Crippen LogP contribution in [0.15, 0.2) is 4.99 Å². The highest BCUT2D eigenvalue weighted by molar-refractivity contribution is 14.0. The van der Waals surface area contributed by atoms with Crippen LogP contribution in [0, 0.1) is 11.8 Å². The highest BCUT2D eigenvalue weighted by atomic mass is 127. The molecule has 1 aliphatic carbocycles. The average Bonchev–Trinajstić information content (AvgIpc) is 2.47. The van der Waals surface area contributed by atoms with Gasteiger partial charge in [-0.1, -0.05) is 19.8 Å². The minimum atomic E-state index is -0.835. The molecule has 4 nitrogen and oxygen atoms in total. The molecule has 1 saturated carbocycles. The largest absolute Gasteiger partial charge is 0.357 e. The third kappa shape index (κ3) is 9.02. The van der Waals surface area contributed by atoms with Crippen LogP contribution in [0.2, 0.25) is 0 Å². The first kappa shape index (κ1) is 24.1. The standard InChI is InChI=1S/C18H37N3OS.HI/c1-7-19-17(20-12-13-23(22)18(3,4)5)21(6)14-16-10-8-15(2)9-11-16;/h15-16H,7-14H2,1-6H3,(H,19,20);1H. The molecule has 24 heavy (non-hydrogen) atoms. The van der Waals surface area contributed by atoms with Crippen LogP contribution in [-0.2, 0) is 10.8 Å². The maximum absolute atomic E-state index is 12.1. The lowest BCUT2D eigenvalue weighted by Gasteiger charge is -2.31.